The maximum Gasteiger partial charge on any atom is 0.254 e. The highest BCUT2D eigenvalue weighted by atomic mass is 35.5. The number of nitrogens with zero attached hydrogens (tertiary/aromatic N) is 2. The molecule has 1 unspecified atom stereocenters. The Morgan fingerprint density at radius 3 is 2.39 bits per heavy atom. The largest absolute Gasteiger partial charge is 0.338 e. The molecule has 0 aliphatic heterocycles. The van der Waals surface area contributed by atoms with Gasteiger partial charge in [-0.3, -0.25) is 4.79 Å². The first-order valence-corrected chi connectivity index (χ1v) is 6.42. The molecule has 0 saturated carbocycles. The fourth-order valence-electron chi connectivity index (χ4n) is 1.71. The van der Waals surface area contributed by atoms with Gasteiger partial charge in [0.05, 0.1) is 0 Å². The van der Waals surface area contributed by atoms with Gasteiger partial charge in [-0.2, -0.15) is 0 Å². The Morgan fingerprint density at radius 1 is 1.39 bits per heavy atom. The van der Waals surface area contributed by atoms with Gasteiger partial charge in [0.25, 0.3) is 5.91 Å². The van der Waals surface area contributed by atoms with Crippen LogP contribution < -0.4 is 0 Å². The van der Waals surface area contributed by atoms with Crippen LogP contribution in [0.4, 0.5) is 0 Å². The van der Waals surface area contributed by atoms with E-state index in [1.54, 1.807) is 17.0 Å². The quantitative estimate of drug-likeness (QED) is 0.769. The molecular weight excluding hydrogens is 248 g/mol. The van der Waals surface area contributed by atoms with E-state index in [1.807, 2.05) is 20.9 Å². The number of pyridine rings is 1. The average molecular weight is 269 g/mol. The molecule has 18 heavy (non-hydrogen) atoms. The Balaban J connectivity index is 3.00. The number of carbonyl (C=O) groups excluding carboxylic acids is 1. The summed E-state index contributed by atoms with van der Waals surface area (Å²) >= 11 is 5.89. The van der Waals surface area contributed by atoms with E-state index in [-0.39, 0.29) is 17.4 Å². The zero-order valence-electron chi connectivity index (χ0n) is 11.9. The molecular formula is C14H21ClN2O. The van der Waals surface area contributed by atoms with E-state index in [4.69, 9.17) is 11.6 Å². The zero-order valence-corrected chi connectivity index (χ0v) is 12.7. The number of aryl methyl sites for hydroxylation is 1. The average Bonchev–Trinajstić information content (AvgIpc) is 2.23. The molecule has 3 nitrogen and oxygen atoms in total. The molecule has 1 atom stereocenters. The summed E-state index contributed by atoms with van der Waals surface area (Å²) in [6.45, 7) is 10.2. The smallest absolute Gasteiger partial charge is 0.254 e. The van der Waals surface area contributed by atoms with Gasteiger partial charge in [0.2, 0.25) is 0 Å². The number of carbonyl (C=O) groups is 1. The van der Waals surface area contributed by atoms with E-state index >= 15 is 0 Å². The van der Waals surface area contributed by atoms with E-state index in [2.05, 4.69) is 25.8 Å². The number of halogens is 1. The molecule has 0 aliphatic carbocycles. The normalized spacial score (nSPS) is 13.3. The third-order valence-corrected chi connectivity index (χ3v) is 3.52. The Kier molecular flexibility index (Phi) is 4.38. The van der Waals surface area contributed by atoms with Crippen molar-refractivity contribution >= 4 is 17.5 Å². The Morgan fingerprint density at radius 2 is 1.94 bits per heavy atom. The van der Waals surface area contributed by atoms with Crippen molar-refractivity contribution in [2.75, 3.05) is 7.05 Å². The van der Waals surface area contributed by atoms with Crippen LogP contribution in [0.1, 0.15) is 43.7 Å². The molecule has 0 spiro atoms. The van der Waals surface area contributed by atoms with Gasteiger partial charge < -0.3 is 4.90 Å². The summed E-state index contributed by atoms with van der Waals surface area (Å²) < 4.78 is 0. The minimum absolute atomic E-state index is 0.0233. The number of rotatable bonds is 2. The second-order valence-electron chi connectivity index (χ2n) is 5.78. The van der Waals surface area contributed by atoms with Crippen molar-refractivity contribution in [3.8, 4) is 0 Å². The predicted molar refractivity (Wildman–Crippen MR) is 75.0 cm³/mol. The van der Waals surface area contributed by atoms with Crippen molar-refractivity contribution in [3.63, 3.8) is 0 Å². The molecule has 1 aromatic rings. The molecule has 100 valence electrons. The monoisotopic (exact) mass is 268 g/mol. The summed E-state index contributed by atoms with van der Waals surface area (Å²) in [7, 11) is 1.82. The van der Waals surface area contributed by atoms with E-state index in [0.717, 1.165) is 5.69 Å². The fourth-order valence-corrected chi connectivity index (χ4v) is 1.96. The van der Waals surface area contributed by atoms with Crippen LogP contribution in [0.5, 0.6) is 0 Å². The summed E-state index contributed by atoms with van der Waals surface area (Å²) in [6.07, 6.45) is 0. The number of aromatic nitrogens is 1. The van der Waals surface area contributed by atoms with Gasteiger partial charge in [-0.1, -0.05) is 32.4 Å². The maximum atomic E-state index is 12.4. The van der Waals surface area contributed by atoms with Crippen LogP contribution in [0.25, 0.3) is 0 Å². The molecule has 0 N–H and O–H groups in total. The zero-order chi connectivity index (χ0) is 14.1. The summed E-state index contributed by atoms with van der Waals surface area (Å²) in [4.78, 5) is 18.2. The lowest BCUT2D eigenvalue weighted by atomic mass is 9.87. The van der Waals surface area contributed by atoms with Gasteiger partial charge in [0.1, 0.15) is 5.15 Å². The standard InChI is InChI=1S/C14H21ClN2O/c1-9-7-11(8-12(15)16-9)13(18)17(6)10(2)14(3,4)5/h7-8,10H,1-6H3. The molecule has 1 rings (SSSR count). The van der Waals surface area contributed by atoms with E-state index < -0.39 is 0 Å². The van der Waals surface area contributed by atoms with Crippen molar-refractivity contribution < 1.29 is 4.79 Å². The molecule has 0 saturated heterocycles. The minimum atomic E-state index is -0.0233. The first kappa shape index (κ1) is 15.0. The van der Waals surface area contributed by atoms with Crippen LogP contribution in [-0.4, -0.2) is 28.9 Å². The lowest BCUT2D eigenvalue weighted by Crippen LogP contribution is -2.43. The summed E-state index contributed by atoms with van der Waals surface area (Å²) in [5.41, 5.74) is 1.38. The van der Waals surface area contributed by atoms with Gasteiger partial charge in [-0.15, -0.1) is 0 Å². The number of hydrogen-bond acceptors (Lipinski definition) is 2. The summed E-state index contributed by atoms with van der Waals surface area (Å²) in [5, 5.41) is 0.357. The Labute approximate surface area is 114 Å². The van der Waals surface area contributed by atoms with Gasteiger partial charge in [0.15, 0.2) is 0 Å². The molecule has 0 aliphatic rings. The summed E-state index contributed by atoms with van der Waals surface area (Å²) in [5.74, 6) is -0.0233. The molecule has 0 aromatic carbocycles. The molecule has 1 aromatic heterocycles. The molecule has 1 amide bonds. The second-order valence-corrected chi connectivity index (χ2v) is 6.17. The van der Waals surface area contributed by atoms with Gasteiger partial charge in [-0.25, -0.2) is 4.98 Å². The Hall–Kier alpha value is -1.09. The van der Waals surface area contributed by atoms with Gasteiger partial charge in [-0.05, 0) is 31.4 Å². The second kappa shape index (κ2) is 5.27. The van der Waals surface area contributed by atoms with Crippen LogP contribution >= 0.6 is 11.6 Å². The highest BCUT2D eigenvalue weighted by molar-refractivity contribution is 6.29. The van der Waals surface area contributed by atoms with Crippen LogP contribution in [0.3, 0.4) is 0 Å². The third kappa shape index (κ3) is 3.45. The SMILES string of the molecule is Cc1cc(C(=O)N(C)C(C)C(C)(C)C)cc(Cl)n1. The summed E-state index contributed by atoms with van der Waals surface area (Å²) in [6, 6.07) is 3.51. The van der Waals surface area contributed by atoms with Crippen molar-refractivity contribution in [1.82, 2.24) is 9.88 Å². The van der Waals surface area contributed by atoms with Crippen LogP contribution in [0.15, 0.2) is 12.1 Å². The highest BCUT2D eigenvalue weighted by Crippen LogP contribution is 2.24. The lowest BCUT2D eigenvalue weighted by molar-refractivity contribution is 0.0629. The fraction of sp³-hybridized carbons (Fsp3) is 0.571. The first-order chi connectivity index (χ1) is 8.12. The van der Waals surface area contributed by atoms with Crippen LogP contribution in [-0.2, 0) is 0 Å². The van der Waals surface area contributed by atoms with Crippen molar-refractivity contribution in [2.24, 2.45) is 5.41 Å². The molecule has 4 heteroatoms. The molecule has 1 heterocycles. The van der Waals surface area contributed by atoms with Crippen molar-refractivity contribution in [2.45, 2.75) is 40.7 Å². The topological polar surface area (TPSA) is 33.2 Å². The molecule has 0 radical (unpaired) electrons. The predicted octanol–water partition coefficient (Wildman–Crippen LogP) is 3.55. The van der Waals surface area contributed by atoms with Crippen LogP contribution in [0, 0.1) is 12.3 Å². The minimum Gasteiger partial charge on any atom is -0.338 e. The van der Waals surface area contributed by atoms with Crippen LogP contribution in [0.2, 0.25) is 5.15 Å². The highest BCUT2D eigenvalue weighted by Gasteiger charge is 2.27. The van der Waals surface area contributed by atoms with Crippen molar-refractivity contribution in [3.05, 3.63) is 28.5 Å². The Bertz CT molecular complexity index is 431. The number of amides is 1. The van der Waals surface area contributed by atoms with E-state index in [0.29, 0.717) is 10.7 Å². The van der Waals surface area contributed by atoms with Gasteiger partial charge in [0, 0.05) is 24.3 Å². The first-order valence-electron chi connectivity index (χ1n) is 6.04. The third-order valence-electron chi connectivity index (χ3n) is 3.32. The number of hydrogen-bond donors (Lipinski definition) is 0. The van der Waals surface area contributed by atoms with E-state index in [9.17, 15) is 4.79 Å². The molecule has 0 bridgehead atoms. The molecule has 0 fully saturated rings. The maximum absolute atomic E-state index is 12.4. The van der Waals surface area contributed by atoms with Crippen molar-refractivity contribution in [1.29, 1.82) is 0 Å². The van der Waals surface area contributed by atoms with Gasteiger partial charge >= 0.3 is 0 Å². The van der Waals surface area contributed by atoms with E-state index in [1.165, 1.54) is 0 Å². The lowest BCUT2D eigenvalue weighted by Gasteiger charge is -2.35.